The summed E-state index contributed by atoms with van der Waals surface area (Å²) in [7, 11) is 0. The molecular weight excluding hydrogens is 294 g/mol. The van der Waals surface area contributed by atoms with Crippen molar-refractivity contribution < 1.29 is 9.59 Å². The summed E-state index contributed by atoms with van der Waals surface area (Å²) >= 11 is 0. The average Bonchev–Trinajstić information content (AvgIpc) is 3.00. The predicted octanol–water partition coefficient (Wildman–Crippen LogP) is 1.36. The molecule has 0 saturated heterocycles. The number of aryl methyl sites for hydroxylation is 2. The van der Waals surface area contributed by atoms with E-state index in [1.807, 2.05) is 25.1 Å². The van der Waals surface area contributed by atoms with Gasteiger partial charge in [-0.25, -0.2) is 0 Å². The summed E-state index contributed by atoms with van der Waals surface area (Å²) in [6.45, 7) is 3.69. The van der Waals surface area contributed by atoms with Crippen molar-refractivity contribution in [2.24, 2.45) is 5.92 Å². The van der Waals surface area contributed by atoms with E-state index in [1.54, 1.807) is 13.0 Å². The van der Waals surface area contributed by atoms with Crippen LogP contribution in [0.5, 0.6) is 0 Å². The number of nitrogens with one attached hydrogen (secondary N) is 3. The molecule has 114 valence electrons. The van der Waals surface area contributed by atoms with Gasteiger partial charge in [0.1, 0.15) is 11.3 Å². The standard InChI is InChI=1S/C16H13N5O2/c1-7-3-4-11-9(5-7)16(15(23)18-11)10(6-17)14(22)19-13-12(16)8(2)20-21-13/h3-5,10H,1-2H3,(H,18,23)(H2,19,20,21,22)/t10-,16+/m1/s1. The van der Waals surface area contributed by atoms with Crippen molar-refractivity contribution in [1.82, 2.24) is 10.2 Å². The van der Waals surface area contributed by atoms with E-state index in [0.717, 1.165) is 5.56 Å². The number of nitrogens with zero attached hydrogens (tertiary/aromatic N) is 2. The molecule has 7 heteroatoms. The predicted molar refractivity (Wildman–Crippen MR) is 81.6 cm³/mol. The van der Waals surface area contributed by atoms with Crippen LogP contribution < -0.4 is 10.6 Å². The Kier molecular flexibility index (Phi) is 2.47. The first-order valence-corrected chi connectivity index (χ1v) is 7.18. The number of rotatable bonds is 0. The van der Waals surface area contributed by atoms with Crippen LogP contribution in [0.25, 0.3) is 0 Å². The molecule has 2 atom stereocenters. The summed E-state index contributed by atoms with van der Waals surface area (Å²) in [4.78, 5) is 25.4. The third-order valence-electron chi connectivity index (χ3n) is 4.61. The fraction of sp³-hybridized carbons (Fsp3) is 0.250. The first-order valence-electron chi connectivity index (χ1n) is 7.18. The van der Waals surface area contributed by atoms with E-state index in [0.29, 0.717) is 28.3 Å². The van der Waals surface area contributed by atoms with Crippen molar-refractivity contribution in [3.05, 3.63) is 40.6 Å². The number of carbonyl (C=O) groups is 2. The van der Waals surface area contributed by atoms with Crippen molar-refractivity contribution >= 4 is 23.3 Å². The third kappa shape index (κ3) is 1.45. The maximum Gasteiger partial charge on any atom is 0.244 e. The summed E-state index contributed by atoms with van der Waals surface area (Å²) in [5.74, 6) is -1.74. The number of benzene rings is 1. The molecule has 3 N–H and O–H groups in total. The van der Waals surface area contributed by atoms with Gasteiger partial charge in [-0.1, -0.05) is 17.7 Å². The second kappa shape index (κ2) is 4.20. The number of nitriles is 1. The van der Waals surface area contributed by atoms with Crippen molar-refractivity contribution in [3.8, 4) is 6.07 Å². The molecule has 0 bridgehead atoms. The zero-order valence-corrected chi connectivity index (χ0v) is 12.5. The molecule has 3 heterocycles. The molecule has 4 rings (SSSR count). The van der Waals surface area contributed by atoms with Crippen LogP contribution in [0.1, 0.15) is 22.4 Å². The van der Waals surface area contributed by atoms with Crippen molar-refractivity contribution in [3.63, 3.8) is 0 Å². The van der Waals surface area contributed by atoms with E-state index >= 15 is 0 Å². The zero-order valence-electron chi connectivity index (χ0n) is 12.5. The molecule has 23 heavy (non-hydrogen) atoms. The number of aromatic nitrogens is 2. The number of carbonyl (C=O) groups excluding carboxylic acids is 2. The Morgan fingerprint density at radius 3 is 2.78 bits per heavy atom. The van der Waals surface area contributed by atoms with E-state index in [2.05, 4.69) is 20.8 Å². The Labute approximate surface area is 131 Å². The molecule has 0 aliphatic carbocycles. The first kappa shape index (κ1) is 13.5. The van der Waals surface area contributed by atoms with Crippen LogP contribution in [-0.4, -0.2) is 22.0 Å². The lowest BCUT2D eigenvalue weighted by Gasteiger charge is -2.35. The van der Waals surface area contributed by atoms with Crippen LogP contribution in [0.2, 0.25) is 0 Å². The minimum absolute atomic E-state index is 0.309. The zero-order chi connectivity index (χ0) is 16.4. The van der Waals surface area contributed by atoms with Gasteiger partial charge in [0.25, 0.3) is 0 Å². The molecule has 2 amide bonds. The van der Waals surface area contributed by atoms with E-state index in [-0.39, 0.29) is 5.91 Å². The molecule has 2 aliphatic rings. The van der Waals surface area contributed by atoms with Crippen LogP contribution >= 0.6 is 0 Å². The summed E-state index contributed by atoms with van der Waals surface area (Å²) in [6.07, 6.45) is 0. The molecule has 7 nitrogen and oxygen atoms in total. The van der Waals surface area contributed by atoms with E-state index in [1.165, 1.54) is 0 Å². The average molecular weight is 307 g/mol. The van der Waals surface area contributed by atoms with E-state index in [4.69, 9.17) is 0 Å². The normalized spacial score (nSPS) is 24.7. The first-order chi connectivity index (χ1) is 11.0. The Balaban J connectivity index is 2.15. The second-order valence-corrected chi connectivity index (χ2v) is 5.93. The van der Waals surface area contributed by atoms with E-state index < -0.39 is 17.2 Å². The van der Waals surface area contributed by atoms with Gasteiger partial charge >= 0.3 is 0 Å². The van der Waals surface area contributed by atoms with Crippen LogP contribution in [0.3, 0.4) is 0 Å². The van der Waals surface area contributed by atoms with Gasteiger partial charge in [-0.2, -0.15) is 10.4 Å². The lowest BCUT2D eigenvalue weighted by molar-refractivity contribution is -0.127. The maximum atomic E-state index is 13.0. The lowest BCUT2D eigenvalue weighted by Crippen LogP contribution is -2.51. The Morgan fingerprint density at radius 2 is 2.04 bits per heavy atom. The van der Waals surface area contributed by atoms with Gasteiger partial charge in [-0.05, 0) is 25.5 Å². The fourth-order valence-corrected chi connectivity index (χ4v) is 3.66. The summed E-state index contributed by atoms with van der Waals surface area (Å²) < 4.78 is 0. The van der Waals surface area contributed by atoms with Crippen LogP contribution in [0.4, 0.5) is 11.5 Å². The molecule has 0 unspecified atom stereocenters. The molecule has 2 aliphatic heterocycles. The molecule has 0 fully saturated rings. The fourth-order valence-electron chi connectivity index (χ4n) is 3.66. The highest BCUT2D eigenvalue weighted by Crippen LogP contribution is 2.52. The summed E-state index contributed by atoms with van der Waals surface area (Å²) in [6, 6.07) is 7.55. The molecule has 1 spiro atoms. The van der Waals surface area contributed by atoms with Gasteiger partial charge in [0.2, 0.25) is 11.8 Å². The second-order valence-electron chi connectivity index (χ2n) is 5.93. The number of hydrogen-bond acceptors (Lipinski definition) is 4. The topological polar surface area (TPSA) is 111 Å². The molecule has 1 aromatic heterocycles. The number of anilines is 2. The minimum atomic E-state index is -1.37. The Hall–Kier alpha value is -3.14. The number of aromatic amines is 1. The van der Waals surface area contributed by atoms with Gasteiger partial charge in [0.15, 0.2) is 5.82 Å². The number of amides is 2. The highest BCUT2D eigenvalue weighted by Gasteiger charge is 2.61. The van der Waals surface area contributed by atoms with E-state index in [9.17, 15) is 14.9 Å². The molecular formula is C16H13N5O2. The van der Waals surface area contributed by atoms with Gasteiger partial charge < -0.3 is 10.6 Å². The van der Waals surface area contributed by atoms with Crippen molar-refractivity contribution in [2.75, 3.05) is 10.6 Å². The Morgan fingerprint density at radius 1 is 1.26 bits per heavy atom. The highest BCUT2D eigenvalue weighted by molar-refractivity contribution is 6.16. The number of fused-ring (bicyclic) bond motifs is 4. The highest BCUT2D eigenvalue weighted by atomic mass is 16.2. The van der Waals surface area contributed by atoms with Gasteiger partial charge in [0.05, 0.1) is 6.07 Å². The smallest absolute Gasteiger partial charge is 0.244 e. The van der Waals surface area contributed by atoms with Gasteiger partial charge in [-0.15, -0.1) is 0 Å². The van der Waals surface area contributed by atoms with Crippen molar-refractivity contribution in [1.29, 1.82) is 5.26 Å². The molecule has 1 aromatic carbocycles. The SMILES string of the molecule is Cc1ccc2c(c1)[C@@]1(C(=O)N2)c2c(n[nH]c2C)NC(=O)[C@H]1C#N. The maximum absolute atomic E-state index is 13.0. The van der Waals surface area contributed by atoms with Crippen molar-refractivity contribution in [2.45, 2.75) is 19.3 Å². The number of H-pyrrole nitrogens is 1. The van der Waals surface area contributed by atoms with Crippen LogP contribution in [0.15, 0.2) is 18.2 Å². The van der Waals surface area contributed by atoms with Gasteiger partial charge in [0, 0.05) is 16.9 Å². The quantitative estimate of drug-likeness (QED) is 0.682. The minimum Gasteiger partial charge on any atom is -0.325 e. The van der Waals surface area contributed by atoms with Crippen LogP contribution in [-0.2, 0) is 15.0 Å². The molecule has 0 saturated carbocycles. The third-order valence-corrected chi connectivity index (χ3v) is 4.61. The summed E-state index contributed by atoms with van der Waals surface area (Å²) in [5.41, 5.74) is 2.07. The summed E-state index contributed by atoms with van der Waals surface area (Å²) in [5, 5.41) is 21.9. The largest absolute Gasteiger partial charge is 0.325 e. The molecule has 0 radical (unpaired) electrons. The Bertz CT molecular complexity index is 923. The lowest BCUT2D eigenvalue weighted by atomic mass is 9.64. The van der Waals surface area contributed by atoms with Crippen LogP contribution in [0, 0.1) is 31.1 Å². The van der Waals surface area contributed by atoms with Gasteiger partial charge in [-0.3, -0.25) is 14.7 Å². The number of hydrogen-bond donors (Lipinski definition) is 3. The molecule has 2 aromatic rings. The monoisotopic (exact) mass is 307 g/mol.